The third-order valence-electron chi connectivity index (χ3n) is 8.55. The smallest absolute Gasteiger partial charge is 0.321 e. The van der Waals surface area contributed by atoms with Crippen LogP contribution in [0.2, 0.25) is 0 Å². The van der Waals surface area contributed by atoms with Crippen LogP contribution in [-0.2, 0) is 0 Å². The molecule has 41 heavy (non-hydrogen) atoms. The number of primary amides is 1. The fourth-order valence-corrected chi connectivity index (χ4v) is 6.29. The van der Waals surface area contributed by atoms with E-state index in [-0.39, 0.29) is 16.9 Å². The summed E-state index contributed by atoms with van der Waals surface area (Å²) in [5, 5.41) is 4.28. The van der Waals surface area contributed by atoms with Gasteiger partial charge in [-0.25, -0.2) is 4.79 Å². The number of hydrogen-bond donors (Lipinski definition) is 2. The van der Waals surface area contributed by atoms with Gasteiger partial charge < -0.3 is 25.1 Å². The Bertz CT molecular complexity index is 1600. The molecule has 1 saturated heterocycles. The molecule has 2 aliphatic heterocycles. The van der Waals surface area contributed by atoms with Crippen LogP contribution < -0.4 is 20.5 Å². The first-order chi connectivity index (χ1) is 19.6. The van der Waals surface area contributed by atoms with E-state index in [1.54, 1.807) is 12.1 Å². The summed E-state index contributed by atoms with van der Waals surface area (Å²) in [5.74, 6) is -1.56. The Morgan fingerprint density at radius 1 is 1.15 bits per heavy atom. The van der Waals surface area contributed by atoms with Gasteiger partial charge in [0.15, 0.2) is 11.6 Å². The van der Waals surface area contributed by atoms with Crippen LogP contribution in [0, 0.1) is 12.8 Å². The van der Waals surface area contributed by atoms with Crippen LogP contribution in [0.1, 0.15) is 75.3 Å². The zero-order chi connectivity index (χ0) is 29.1. The number of benzene rings is 2. The highest BCUT2D eigenvalue weighted by atomic mass is 16.5. The minimum atomic E-state index is -1.12. The first-order valence-electron chi connectivity index (χ1n) is 14.1. The number of carbonyl (C=O) groups is 4. The number of hydrogen-bond acceptors (Lipinski definition) is 7. The summed E-state index contributed by atoms with van der Waals surface area (Å²) in [7, 11) is 1.27. The summed E-state index contributed by atoms with van der Waals surface area (Å²) in [6.45, 7) is 5.57. The lowest BCUT2D eigenvalue weighted by Gasteiger charge is -2.45. The largest absolute Gasteiger partial charge is 0.493 e. The Morgan fingerprint density at radius 2 is 1.88 bits per heavy atom. The number of aryl methyl sites for hydroxylation is 1. The third kappa shape index (κ3) is 4.46. The lowest BCUT2D eigenvalue weighted by atomic mass is 9.70. The molecular formula is C31H34N4O6. The number of aromatic nitrogens is 1. The topological polar surface area (TPSA) is 133 Å². The highest BCUT2D eigenvalue weighted by Crippen LogP contribution is 2.46. The Hall–Kier alpha value is -4.18. The molecular weight excluding hydrogens is 524 g/mol. The minimum absolute atomic E-state index is 0.104. The van der Waals surface area contributed by atoms with Crippen molar-refractivity contribution in [1.29, 1.82) is 0 Å². The van der Waals surface area contributed by atoms with Crippen molar-refractivity contribution in [1.82, 2.24) is 14.8 Å². The van der Waals surface area contributed by atoms with Crippen molar-refractivity contribution >= 4 is 34.4 Å². The molecule has 1 aliphatic carbocycles. The van der Waals surface area contributed by atoms with Gasteiger partial charge in [-0.15, -0.1) is 0 Å². The van der Waals surface area contributed by atoms with E-state index in [1.807, 2.05) is 19.9 Å². The quantitative estimate of drug-likeness (QED) is 0.345. The number of imide groups is 1. The molecule has 10 heteroatoms. The number of Topliss-reactive ketones (excluding diaryl/α,β-unsaturated/α-hetero) is 2. The van der Waals surface area contributed by atoms with Crippen LogP contribution >= 0.6 is 0 Å². The molecule has 0 radical (unpaired) electrons. The van der Waals surface area contributed by atoms with Crippen molar-refractivity contribution in [2.24, 2.45) is 11.7 Å². The molecule has 6 rings (SSSR count). The second kappa shape index (κ2) is 10.0. The van der Waals surface area contributed by atoms with E-state index in [2.05, 4.69) is 16.1 Å². The van der Waals surface area contributed by atoms with Gasteiger partial charge in [0.2, 0.25) is 0 Å². The molecule has 1 aromatic heterocycles. The van der Waals surface area contributed by atoms with Crippen molar-refractivity contribution in [3.8, 4) is 11.5 Å². The number of nitrogens with one attached hydrogen (secondary N) is 1. The number of fused-ring (bicyclic) bond motifs is 2. The molecule has 3 N–H and O–H groups in total. The molecule has 1 atom stereocenters. The van der Waals surface area contributed by atoms with E-state index >= 15 is 0 Å². The molecule has 3 amide bonds. The van der Waals surface area contributed by atoms with Gasteiger partial charge in [0.25, 0.3) is 5.91 Å². The number of nitrogens with zero attached hydrogens (tertiary/aromatic N) is 2. The van der Waals surface area contributed by atoms with Gasteiger partial charge in [0, 0.05) is 48.6 Å². The Kier molecular flexibility index (Phi) is 6.60. The molecule has 1 spiro atoms. The molecule has 0 bridgehead atoms. The fraction of sp³-hybridized carbons (Fsp3) is 0.419. The van der Waals surface area contributed by atoms with E-state index in [9.17, 15) is 19.2 Å². The second-order valence-electron chi connectivity index (χ2n) is 11.2. The average Bonchev–Trinajstić information content (AvgIpc) is 3.75. The lowest BCUT2D eigenvalue weighted by molar-refractivity contribution is -0.0138. The van der Waals surface area contributed by atoms with E-state index in [0.29, 0.717) is 55.6 Å². The van der Waals surface area contributed by atoms with Gasteiger partial charge in [0.05, 0.1) is 17.7 Å². The zero-order valence-electron chi connectivity index (χ0n) is 23.5. The average molecular weight is 559 g/mol. The van der Waals surface area contributed by atoms with Gasteiger partial charge in [-0.3, -0.25) is 19.3 Å². The van der Waals surface area contributed by atoms with Crippen molar-refractivity contribution < 1.29 is 28.7 Å². The second-order valence-corrected chi connectivity index (χ2v) is 11.2. The van der Waals surface area contributed by atoms with Gasteiger partial charge in [0.1, 0.15) is 23.0 Å². The number of urea groups is 1. The molecule has 1 saturated carbocycles. The summed E-state index contributed by atoms with van der Waals surface area (Å²) in [6, 6.07) is 7.56. The Morgan fingerprint density at radius 3 is 2.54 bits per heavy atom. The highest BCUT2D eigenvalue weighted by molar-refractivity contribution is 6.20. The summed E-state index contributed by atoms with van der Waals surface area (Å²) < 4.78 is 14.8. The third-order valence-corrected chi connectivity index (χ3v) is 8.55. The summed E-state index contributed by atoms with van der Waals surface area (Å²) >= 11 is 0. The van der Waals surface area contributed by atoms with Crippen molar-refractivity contribution in [3.63, 3.8) is 0 Å². The van der Waals surface area contributed by atoms with Crippen molar-refractivity contribution in [2.45, 2.75) is 51.2 Å². The van der Waals surface area contributed by atoms with Gasteiger partial charge in [-0.1, -0.05) is 0 Å². The molecule has 214 valence electrons. The Labute approximate surface area is 237 Å². The summed E-state index contributed by atoms with van der Waals surface area (Å²) in [4.78, 5) is 53.9. The lowest BCUT2D eigenvalue weighted by Crippen LogP contribution is -2.58. The van der Waals surface area contributed by atoms with Gasteiger partial charge in [-0.05, 0) is 75.7 Å². The normalized spacial score (nSPS) is 19.5. The maximum Gasteiger partial charge on any atom is 0.321 e. The molecule has 2 aromatic carbocycles. The standard InChI is InChI=1S/C31H34N4O6/c1-4-40-24-15-19(14-22-25(24)17(2)16-35(22)20-6-7-20)27(36)26-28(37)21-13-18(29(38)34(3)30(32)39)5-8-23(21)41-31(26)9-11-33-12-10-31/h5,8,13-16,20,26,33H,4,6-7,9-12H2,1-3H3,(H2,32,39)/t26-/m1/s1. The summed E-state index contributed by atoms with van der Waals surface area (Å²) in [6.07, 6.45) is 5.22. The van der Waals surface area contributed by atoms with Crippen LogP contribution in [0.4, 0.5) is 4.79 Å². The molecule has 2 fully saturated rings. The fourth-order valence-electron chi connectivity index (χ4n) is 6.29. The van der Waals surface area contributed by atoms with Crippen molar-refractivity contribution in [3.05, 3.63) is 58.8 Å². The first kappa shape index (κ1) is 27.0. The predicted molar refractivity (Wildman–Crippen MR) is 152 cm³/mol. The van der Waals surface area contributed by atoms with E-state index in [1.165, 1.54) is 19.2 Å². The molecule has 0 unspecified atom stereocenters. The molecule has 3 aromatic rings. The van der Waals surface area contributed by atoms with Crippen LogP contribution in [-0.4, -0.2) is 65.3 Å². The number of carbonyl (C=O) groups excluding carboxylic acids is 4. The number of nitrogens with two attached hydrogens (primary N) is 1. The maximum absolute atomic E-state index is 14.5. The number of ketones is 2. The van der Waals surface area contributed by atoms with Gasteiger partial charge in [-0.2, -0.15) is 0 Å². The maximum atomic E-state index is 14.5. The molecule has 10 nitrogen and oxygen atoms in total. The number of rotatable bonds is 6. The number of piperidine rings is 1. The number of ether oxygens (including phenoxy) is 2. The van der Waals surface area contributed by atoms with E-state index in [0.717, 1.165) is 34.2 Å². The Balaban J connectivity index is 1.46. The predicted octanol–water partition coefficient (Wildman–Crippen LogP) is 4.03. The number of amides is 3. The van der Waals surface area contributed by atoms with Crippen LogP contribution in [0.3, 0.4) is 0 Å². The van der Waals surface area contributed by atoms with Crippen LogP contribution in [0.25, 0.3) is 10.9 Å². The molecule has 3 aliphatic rings. The van der Waals surface area contributed by atoms with Crippen LogP contribution in [0.15, 0.2) is 36.5 Å². The SMILES string of the molecule is CCOc1cc(C(=O)[C@@H]2C(=O)c3cc(C(=O)N(C)C(N)=O)ccc3OC23CCNCC3)cc2c1c(C)cn2C1CC1. The summed E-state index contributed by atoms with van der Waals surface area (Å²) in [5.41, 5.74) is 6.88. The highest BCUT2D eigenvalue weighted by Gasteiger charge is 2.54. The zero-order valence-corrected chi connectivity index (χ0v) is 23.5. The monoisotopic (exact) mass is 558 g/mol. The van der Waals surface area contributed by atoms with E-state index < -0.39 is 29.2 Å². The molecule has 3 heterocycles. The van der Waals surface area contributed by atoms with Crippen LogP contribution in [0.5, 0.6) is 11.5 Å². The van der Waals surface area contributed by atoms with Crippen molar-refractivity contribution in [2.75, 3.05) is 26.7 Å². The van der Waals surface area contributed by atoms with E-state index in [4.69, 9.17) is 15.2 Å². The minimum Gasteiger partial charge on any atom is -0.493 e. The van der Waals surface area contributed by atoms with Gasteiger partial charge >= 0.3 is 6.03 Å². The first-order valence-corrected chi connectivity index (χ1v) is 14.1.